The molecule has 0 heterocycles. The van der Waals surface area contributed by atoms with Gasteiger partial charge in [-0.1, -0.05) is 56.7 Å². The highest BCUT2D eigenvalue weighted by Crippen LogP contribution is 2.43. The zero-order valence-electron chi connectivity index (χ0n) is 18.6. The summed E-state index contributed by atoms with van der Waals surface area (Å²) in [6, 6.07) is 12.4. The average molecular weight is 403 g/mol. The van der Waals surface area contributed by atoms with E-state index in [4.69, 9.17) is 10.5 Å². The minimum Gasteiger partial charge on any atom is -0.193 e. The van der Waals surface area contributed by atoms with Crippen molar-refractivity contribution >= 4 is 0 Å². The first-order valence-corrected chi connectivity index (χ1v) is 12.3. The summed E-state index contributed by atoms with van der Waals surface area (Å²) < 4.78 is 0. The SMILES string of the molecule is N#C/C=C/CCC1CCC([C@H]2CC[C@H](CCCCc3ccc(C#N)cc3)CC2)CC1. The molecule has 0 saturated heterocycles. The van der Waals surface area contributed by atoms with Gasteiger partial charge in [0.05, 0.1) is 17.7 Å². The predicted octanol–water partition coefficient (Wildman–Crippen LogP) is 7.74. The molecule has 0 aromatic heterocycles. The molecule has 1 aromatic rings. The lowest BCUT2D eigenvalue weighted by molar-refractivity contribution is 0.140. The van der Waals surface area contributed by atoms with E-state index in [0.29, 0.717) is 0 Å². The van der Waals surface area contributed by atoms with E-state index in [9.17, 15) is 0 Å². The molecule has 0 radical (unpaired) electrons. The highest BCUT2D eigenvalue weighted by molar-refractivity contribution is 5.31. The quantitative estimate of drug-likeness (QED) is 0.313. The van der Waals surface area contributed by atoms with Crippen LogP contribution in [0, 0.1) is 46.3 Å². The molecule has 0 N–H and O–H groups in total. The smallest absolute Gasteiger partial charge is 0.0991 e. The van der Waals surface area contributed by atoms with Gasteiger partial charge in [0, 0.05) is 6.08 Å². The number of hydrogen-bond donors (Lipinski definition) is 0. The van der Waals surface area contributed by atoms with E-state index in [2.05, 4.69) is 24.3 Å². The lowest BCUT2D eigenvalue weighted by atomic mass is 9.68. The highest BCUT2D eigenvalue weighted by atomic mass is 14.4. The summed E-state index contributed by atoms with van der Waals surface area (Å²) in [7, 11) is 0. The summed E-state index contributed by atoms with van der Waals surface area (Å²) in [5.41, 5.74) is 2.13. The second-order valence-corrected chi connectivity index (χ2v) is 9.72. The van der Waals surface area contributed by atoms with Crippen molar-refractivity contribution in [1.29, 1.82) is 10.5 Å². The van der Waals surface area contributed by atoms with E-state index < -0.39 is 0 Å². The number of allylic oxidation sites excluding steroid dienone is 2. The van der Waals surface area contributed by atoms with Gasteiger partial charge in [-0.3, -0.25) is 0 Å². The molecular formula is C28H38N2. The fourth-order valence-electron chi connectivity index (χ4n) is 5.87. The van der Waals surface area contributed by atoms with Crippen LogP contribution in [0.1, 0.15) is 94.6 Å². The Morgan fingerprint density at radius 2 is 1.37 bits per heavy atom. The Morgan fingerprint density at radius 1 is 0.767 bits per heavy atom. The van der Waals surface area contributed by atoms with Crippen LogP contribution in [-0.2, 0) is 6.42 Å². The summed E-state index contributed by atoms with van der Waals surface area (Å²) >= 11 is 0. The van der Waals surface area contributed by atoms with Crippen LogP contribution in [-0.4, -0.2) is 0 Å². The fraction of sp³-hybridized carbons (Fsp3) is 0.643. The van der Waals surface area contributed by atoms with Gasteiger partial charge in [0.1, 0.15) is 0 Å². The normalized spacial score (nSPS) is 26.9. The zero-order chi connectivity index (χ0) is 21.0. The molecule has 0 amide bonds. The molecular weight excluding hydrogens is 364 g/mol. The third-order valence-corrected chi connectivity index (χ3v) is 7.79. The van der Waals surface area contributed by atoms with Crippen molar-refractivity contribution in [3.63, 3.8) is 0 Å². The summed E-state index contributed by atoms with van der Waals surface area (Å²) in [6.45, 7) is 0. The molecule has 2 heteroatoms. The van der Waals surface area contributed by atoms with Gasteiger partial charge < -0.3 is 0 Å². The molecule has 30 heavy (non-hydrogen) atoms. The Bertz CT molecular complexity index is 717. The van der Waals surface area contributed by atoms with E-state index in [1.54, 1.807) is 6.08 Å². The molecule has 2 fully saturated rings. The van der Waals surface area contributed by atoms with Crippen molar-refractivity contribution in [2.45, 2.75) is 89.9 Å². The number of unbranched alkanes of at least 4 members (excludes halogenated alkanes) is 1. The molecule has 0 atom stereocenters. The lowest BCUT2D eigenvalue weighted by Crippen LogP contribution is -2.25. The van der Waals surface area contributed by atoms with Crippen LogP contribution in [0.2, 0.25) is 0 Å². The van der Waals surface area contributed by atoms with Gasteiger partial charge in [-0.15, -0.1) is 0 Å². The molecule has 0 spiro atoms. The van der Waals surface area contributed by atoms with Crippen LogP contribution in [0.5, 0.6) is 0 Å². The molecule has 0 aliphatic heterocycles. The molecule has 2 nitrogen and oxygen atoms in total. The summed E-state index contributed by atoms with van der Waals surface area (Å²) in [6.07, 6.45) is 22.8. The van der Waals surface area contributed by atoms with Crippen molar-refractivity contribution in [1.82, 2.24) is 0 Å². The van der Waals surface area contributed by atoms with E-state index in [1.165, 1.54) is 82.6 Å². The molecule has 1 aromatic carbocycles. The van der Waals surface area contributed by atoms with Gasteiger partial charge in [0.15, 0.2) is 0 Å². The largest absolute Gasteiger partial charge is 0.193 e. The highest BCUT2D eigenvalue weighted by Gasteiger charge is 2.30. The predicted molar refractivity (Wildman–Crippen MR) is 124 cm³/mol. The summed E-state index contributed by atoms with van der Waals surface area (Å²) in [5.74, 6) is 3.86. The van der Waals surface area contributed by atoms with Crippen LogP contribution >= 0.6 is 0 Å². The number of nitrogens with zero attached hydrogens (tertiary/aromatic N) is 2. The molecule has 0 bridgehead atoms. The molecule has 2 aliphatic rings. The van der Waals surface area contributed by atoms with Crippen molar-refractivity contribution in [2.24, 2.45) is 23.7 Å². The van der Waals surface area contributed by atoms with E-state index in [0.717, 1.165) is 42.1 Å². The van der Waals surface area contributed by atoms with Crippen LogP contribution in [0.25, 0.3) is 0 Å². The maximum atomic E-state index is 8.89. The Balaban J connectivity index is 1.26. The Labute approximate surface area is 184 Å². The average Bonchev–Trinajstić information content (AvgIpc) is 2.81. The number of aryl methyl sites for hydroxylation is 1. The Kier molecular flexibility index (Phi) is 9.50. The minimum absolute atomic E-state index is 0.761. The van der Waals surface area contributed by atoms with Crippen LogP contribution in [0.3, 0.4) is 0 Å². The number of rotatable bonds is 9. The van der Waals surface area contributed by atoms with Crippen molar-refractivity contribution in [3.05, 3.63) is 47.5 Å². The van der Waals surface area contributed by atoms with Gasteiger partial charge in [0.2, 0.25) is 0 Å². The second-order valence-electron chi connectivity index (χ2n) is 9.72. The Hall–Kier alpha value is -2.06. The standard InChI is InChI=1S/C28H38N2/c29-21-5-1-2-6-24-13-17-27(18-14-24)28-19-15-25(16-20-28)8-4-3-7-23-9-11-26(22-30)12-10-23/h1,5,9-12,24-25,27-28H,2-4,6-8,13-20H2/b5-1+/t24?,25-,27?,28-. The first kappa shape index (κ1) is 22.6. The molecule has 2 aliphatic carbocycles. The maximum absolute atomic E-state index is 8.89. The lowest BCUT2D eigenvalue weighted by Gasteiger charge is -2.38. The van der Waals surface area contributed by atoms with Gasteiger partial charge in [-0.25, -0.2) is 0 Å². The molecule has 3 rings (SSSR count). The maximum Gasteiger partial charge on any atom is 0.0991 e. The van der Waals surface area contributed by atoms with Gasteiger partial charge in [-0.05, 0) is 92.7 Å². The third kappa shape index (κ3) is 7.32. The Morgan fingerprint density at radius 3 is 1.93 bits per heavy atom. The van der Waals surface area contributed by atoms with E-state index in [-0.39, 0.29) is 0 Å². The monoisotopic (exact) mass is 402 g/mol. The fourth-order valence-corrected chi connectivity index (χ4v) is 5.87. The van der Waals surface area contributed by atoms with Gasteiger partial charge in [0.25, 0.3) is 0 Å². The van der Waals surface area contributed by atoms with Crippen LogP contribution in [0.15, 0.2) is 36.4 Å². The summed E-state index contributed by atoms with van der Waals surface area (Å²) in [4.78, 5) is 0. The zero-order valence-corrected chi connectivity index (χ0v) is 18.6. The van der Waals surface area contributed by atoms with Crippen LogP contribution in [0.4, 0.5) is 0 Å². The van der Waals surface area contributed by atoms with Crippen molar-refractivity contribution in [2.75, 3.05) is 0 Å². The topological polar surface area (TPSA) is 47.6 Å². The summed E-state index contributed by atoms with van der Waals surface area (Å²) in [5, 5.41) is 17.5. The van der Waals surface area contributed by atoms with Crippen molar-refractivity contribution in [3.8, 4) is 12.1 Å². The van der Waals surface area contributed by atoms with Crippen molar-refractivity contribution < 1.29 is 0 Å². The second kappa shape index (κ2) is 12.6. The first-order chi connectivity index (χ1) is 14.8. The molecule has 2 saturated carbocycles. The number of nitriles is 2. The van der Waals surface area contributed by atoms with Crippen LogP contribution < -0.4 is 0 Å². The first-order valence-electron chi connectivity index (χ1n) is 12.3. The van der Waals surface area contributed by atoms with Gasteiger partial charge >= 0.3 is 0 Å². The molecule has 0 unspecified atom stereocenters. The third-order valence-electron chi connectivity index (χ3n) is 7.79. The minimum atomic E-state index is 0.761. The van der Waals surface area contributed by atoms with Gasteiger partial charge in [-0.2, -0.15) is 10.5 Å². The molecule has 160 valence electrons. The number of hydrogen-bond acceptors (Lipinski definition) is 2. The van der Waals surface area contributed by atoms with E-state index >= 15 is 0 Å². The van der Waals surface area contributed by atoms with E-state index in [1.807, 2.05) is 18.2 Å². The number of benzene rings is 1.